The van der Waals surface area contributed by atoms with Crippen LogP contribution in [0.15, 0.2) is 18.2 Å². The number of carbonyl (C=O) groups excluding carboxylic acids is 1. The van der Waals surface area contributed by atoms with E-state index in [-0.39, 0.29) is 11.5 Å². The zero-order chi connectivity index (χ0) is 14.0. The molecule has 1 saturated heterocycles. The third-order valence-electron chi connectivity index (χ3n) is 3.53. The summed E-state index contributed by atoms with van der Waals surface area (Å²) in [6.07, 6.45) is 1.08. The summed E-state index contributed by atoms with van der Waals surface area (Å²) in [5.74, 6) is -0.375. The lowest BCUT2D eigenvalue weighted by Crippen LogP contribution is -2.33. The summed E-state index contributed by atoms with van der Waals surface area (Å²) in [6.45, 7) is 2.68. The fourth-order valence-electron chi connectivity index (χ4n) is 2.51. The fourth-order valence-corrected chi connectivity index (χ4v) is 2.68. The van der Waals surface area contributed by atoms with E-state index in [1.807, 2.05) is 0 Å². The molecule has 1 fully saturated rings. The second-order valence-corrected chi connectivity index (χ2v) is 5.66. The monoisotopic (exact) mass is 284 g/mol. The molecule has 2 rings (SSSR count). The van der Waals surface area contributed by atoms with Crippen LogP contribution in [0.5, 0.6) is 0 Å². The third kappa shape index (κ3) is 3.45. The van der Waals surface area contributed by atoms with Crippen molar-refractivity contribution in [2.45, 2.75) is 6.42 Å². The molecule has 0 spiro atoms. The predicted octanol–water partition coefficient (Wildman–Crippen LogP) is 2.50. The van der Waals surface area contributed by atoms with Gasteiger partial charge in [-0.1, -0.05) is 11.6 Å². The molecule has 1 aromatic carbocycles. The van der Waals surface area contributed by atoms with Gasteiger partial charge in [0.25, 0.3) is 5.91 Å². The van der Waals surface area contributed by atoms with Crippen LogP contribution < -0.4 is 0 Å². The number of nitrogens with zero attached hydrogens (tertiary/aromatic N) is 2. The zero-order valence-corrected chi connectivity index (χ0v) is 12.0. The van der Waals surface area contributed by atoms with E-state index >= 15 is 0 Å². The van der Waals surface area contributed by atoms with Gasteiger partial charge in [0, 0.05) is 25.2 Å². The van der Waals surface area contributed by atoms with Gasteiger partial charge < -0.3 is 9.80 Å². The number of carbonyl (C=O) groups is 1. The Hall–Kier alpha value is -1.13. The molecule has 1 aliphatic rings. The third-order valence-corrected chi connectivity index (χ3v) is 3.76. The molecule has 1 aromatic rings. The van der Waals surface area contributed by atoms with Crippen molar-refractivity contribution < 1.29 is 9.18 Å². The van der Waals surface area contributed by atoms with Crippen LogP contribution in [0, 0.1) is 11.7 Å². The summed E-state index contributed by atoms with van der Waals surface area (Å²) in [5, 5.41) is 0.374. The van der Waals surface area contributed by atoms with Crippen molar-refractivity contribution in [1.29, 1.82) is 0 Å². The van der Waals surface area contributed by atoms with Gasteiger partial charge in [0.2, 0.25) is 0 Å². The Balaban J connectivity index is 2.04. The molecule has 1 heterocycles. The van der Waals surface area contributed by atoms with E-state index in [1.165, 1.54) is 18.2 Å². The average Bonchev–Trinajstić information content (AvgIpc) is 2.77. The molecule has 1 amide bonds. The van der Waals surface area contributed by atoms with E-state index in [1.54, 1.807) is 11.9 Å². The van der Waals surface area contributed by atoms with Gasteiger partial charge in [-0.25, -0.2) is 4.39 Å². The molecule has 0 aromatic heterocycles. The minimum atomic E-state index is -0.523. The number of benzene rings is 1. The Kier molecular flexibility index (Phi) is 4.42. The summed E-state index contributed by atoms with van der Waals surface area (Å²) in [4.78, 5) is 16.0. The van der Waals surface area contributed by atoms with Crippen LogP contribution in [0.1, 0.15) is 16.8 Å². The second-order valence-electron chi connectivity index (χ2n) is 5.23. The van der Waals surface area contributed by atoms with Crippen molar-refractivity contribution in [3.63, 3.8) is 0 Å². The molecule has 104 valence electrons. The van der Waals surface area contributed by atoms with E-state index < -0.39 is 5.82 Å². The highest BCUT2D eigenvalue weighted by atomic mass is 35.5. The van der Waals surface area contributed by atoms with Crippen LogP contribution in [0.2, 0.25) is 5.02 Å². The summed E-state index contributed by atoms with van der Waals surface area (Å²) >= 11 is 5.81. The molecule has 1 aliphatic heterocycles. The van der Waals surface area contributed by atoms with Gasteiger partial charge >= 0.3 is 0 Å². The molecule has 0 bridgehead atoms. The lowest BCUT2D eigenvalue weighted by molar-refractivity contribution is 0.0769. The smallest absolute Gasteiger partial charge is 0.256 e. The SMILES string of the molecule is CN1CCC(CN(C)C(=O)c2cc(Cl)ccc2F)C1. The molecule has 19 heavy (non-hydrogen) atoms. The van der Waals surface area contributed by atoms with Crippen molar-refractivity contribution in [1.82, 2.24) is 9.80 Å². The van der Waals surface area contributed by atoms with Gasteiger partial charge in [-0.05, 0) is 44.1 Å². The van der Waals surface area contributed by atoms with E-state index in [0.29, 0.717) is 17.5 Å². The maximum Gasteiger partial charge on any atom is 0.256 e. The molecular weight excluding hydrogens is 267 g/mol. The van der Waals surface area contributed by atoms with E-state index in [0.717, 1.165) is 19.5 Å². The first-order valence-electron chi connectivity index (χ1n) is 6.36. The summed E-state index contributed by atoms with van der Waals surface area (Å²) in [7, 11) is 3.78. The normalized spacial score (nSPS) is 19.7. The van der Waals surface area contributed by atoms with Crippen LogP contribution in [0.3, 0.4) is 0 Å². The standard InChI is InChI=1S/C14H18ClFN2O/c1-17-6-5-10(8-17)9-18(2)14(19)12-7-11(15)3-4-13(12)16/h3-4,7,10H,5-6,8-9H2,1-2H3. The Morgan fingerprint density at radius 2 is 2.32 bits per heavy atom. The lowest BCUT2D eigenvalue weighted by Gasteiger charge is -2.21. The molecule has 5 heteroatoms. The minimum Gasteiger partial charge on any atom is -0.341 e. The van der Waals surface area contributed by atoms with Crippen LogP contribution in [-0.4, -0.2) is 49.4 Å². The van der Waals surface area contributed by atoms with Gasteiger partial charge in [0.1, 0.15) is 5.82 Å². The molecular formula is C14H18ClFN2O. The van der Waals surface area contributed by atoms with Gasteiger partial charge in [-0.3, -0.25) is 4.79 Å². The average molecular weight is 285 g/mol. The molecule has 3 nitrogen and oxygen atoms in total. The Labute approximate surface area is 117 Å². The van der Waals surface area contributed by atoms with Gasteiger partial charge in [0.05, 0.1) is 5.56 Å². The van der Waals surface area contributed by atoms with Crippen molar-refractivity contribution in [3.8, 4) is 0 Å². The number of hydrogen-bond acceptors (Lipinski definition) is 2. The van der Waals surface area contributed by atoms with Crippen molar-refractivity contribution in [2.75, 3.05) is 33.7 Å². The summed E-state index contributed by atoms with van der Waals surface area (Å²) < 4.78 is 13.6. The van der Waals surface area contributed by atoms with Gasteiger partial charge in [-0.15, -0.1) is 0 Å². The van der Waals surface area contributed by atoms with Crippen LogP contribution in [0.25, 0.3) is 0 Å². The lowest BCUT2D eigenvalue weighted by atomic mass is 10.1. The van der Waals surface area contributed by atoms with E-state index in [4.69, 9.17) is 11.6 Å². The Morgan fingerprint density at radius 1 is 1.58 bits per heavy atom. The first kappa shape index (κ1) is 14.3. The highest BCUT2D eigenvalue weighted by molar-refractivity contribution is 6.30. The van der Waals surface area contributed by atoms with Crippen molar-refractivity contribution in [2.24, 2.45) is 5.92 Å². The Morgan fingerprint density at radius 3 is 2.95 bits per heavy atom. The van der Waals surface area contributed by atoms with Crippen molar-refractivity contribution >= 4 is 17.5 Å². The molecule has 0 N–H and O–H groups in total. The van der Waals surface area contributed by atoms with Crippen LogP contribution in [0.4, 0.5) is 4.39 Å². The summed E-state index contributed by atoms with van der Waals surface area (Å²) in [5.41, 5.74) is 0.0429. The highest BCUT2D eigenvalue weighted by Crippen LogP contribution is 2.19. The molecule has 0 aliphatic carbocycles. The summed E-state index contributed by atoms with van der Waals surface area (Å²) in [6, 6.07) is 4.06. The number of halogens is 2. The second kappa shape index (κ2) is 5.88. The number of likely N-dealkylation sites (tertiary alicyclic amines) is 1. The topological polar surface area (TPSA) is 23.6 Å². The maximum atomic E-state index is 13.6. The van der Waals surface area contributed by atoms with Gasteiger partial charge in [-0.2, -0.15) is 0 Å². The zero-order valence-electron chi connectivity index (χ0n) is 11.2. The number of rotatable bonds is 3. The molecule has 1 atom stereocenters. The number of hydrogen-bond donors (Lipinski definition) is 0. The van der Waals surface area contributed by atoms with Crippen LogP contribution >= 0.6 is 11.6 Å². The Bertz CT molecular complexity index is 481. The quantitative estimate of drug-likeness (QED) is 0.851. The highest BCUT2D eigenvalue weighted by Gasteiger charge is 2.24. The van der Waals surface area contributed by atoms with Crippen LogP contribution in [-0.2, 0) is 0 Å². The predicted molar refractivity (Wildman–Crippen MR) is 74.0 cm³/mol. The first-order valence-corrected chi connectivity index (χ1v) is 6.74. The number of amides is 1. The first-order chi connectivity index (χ1) is 8.97. The van der Waals surface area contributed by atoms with Crippen molar-refractivity contribution in [3.05, 3.63) is 34.6 Å². The minimum absolute atomic E-state index is 0.0429. The largest absolute Gasteiger partial charge is 0.341 e. The molecule has 0 saturated carbocycles. The van der Waals surface area contributed by atoms with E-state index in [2.05, 4.69) is 11.9 Å². The van der Waals surface area contributed by atoms with E-state index in [9.17, 15) is 9.18 Å². The van der Waals surface area contributed by atoms with Gasteiger partial charge in [0.15, 0.2) is 0 Å². The fraction of sp³-hybridized carbons (Fsp3) is 0.500. The molecule has 0 radical (unpaired) electrons. The maximum absolute atomic E-state index is 13.6. The molecule has 1 unspecified atom stereocenters.